The van der Waals surface area contributed by atoms with Crippen molar-refractivity contribution in [2.75, 3.05) is 30.9 Å². The first-order chi connectivity index (χ1) is 9.11. The lowest BCUT2D eigenvalue weighted by Gasteiger charge is -2.26. The van der Waals surface area contributed by atoms with Crippen LogP contribution in [0.15, 0.2) is 0 Å². The van der Waals surface area contributed by atoms with Crippen LogP contribution in [0.4, 0.5) is 11.9 Å². The third-order valence-electron chi connectivity index (χ3n) is 3.20. The number of anilines is 2. The van der Waals surface area contributed by atoms with Gasteiger partial charge >= 0.3 is 6.01 Å². The largest absolute Gasteiger partial charge is 0.463 e. The molecule has 106 valence electrons. The zero-order chi connectivity index (χ0) is 13.8. The number of aromatic nitrogens is 3. The SMILES string of the molecule is CCCOc1nc(N)nc(N(C)C2CCOC2C)n1. The fourth-order valence-electron chi connectivity index (χ4n) is 2.15. The van der Waals surface area contributed by atoms with E-state index < -0.39 is 0 Å². The van der Waals surface area contributed by atoms with Crippen molar-refractivity contribution in [3.05, 3.63) is 0 Å². The van der Waals surface area contributed by atoms with E-state index in [-0.39, 0.29) is 24.1 Å². The molecule has 1 fully saturated rings. The maximum atomic E-state index is 5.70. The van der Waals surface area contributed by atoms with Gasteiger partial charge < -0.3 is 20.1 Å². The highest BCUT2D eigenvalue weighted by atomic mass is 16.5. The van der Waals surface area contributed by atoms with E-state index in [9.17, 15) is 0 Å². The Bertz CT molecular complexity index is 429. The van der Waals surface area contributed by atoms with Gasteiger partial charge in [0.1, 0.15) is 0 Å². The summed E-state index contributed by atoms with van der Waals surface area (Å²) in [6, 6.07) is 0.531. The molecular weight excluding hydrogens is 246 g/mol. The zero-order valence-electron chi connectivity index (χ0n) is 11.7. The number of ether oxygens (including phenoxy) is 2. The molecule has 0 spiro atoms. The molecular formula is C12H21N5O2. The number of nitrogens with zero attached hydrogens (tertiary/aromatic N) is 4. The van der Waals surface area contributed by atoms with Gasteiger partial charge in [0.15, 0.2) is 0 Å². The van der Waals surface area contributed by atoms with E-state index in [2.05, 4.69) is 15.0 Å². The van der Waals surface area contributed by atoms with Crippen molar-refractivity contribution in [2.24, 2.45) is 0 Å². The summed E-state index contributed by atoms with van der Waals surface area (Å²) < 4.78 is 11.0. The summed E-state index contributed by atoms with van der Waals surface area (Å²) in [5.41, 5.74) is 5.70. The maximum Gasteiger partial charge on any atom is 0.323 e. The molecule has 0 amide bonds. The summed E-state index contributed by atoms with van der Waals surface area (Å²) in [6.45, 7) is 5.40. The molecule has 2 N–H and O–H groups in total. The molecule has 0 radical (unpaired) electrons. The summed E-state index contributed by atoms with van der Waals surface area (Å²) >= 11 is 0. The van der Waals surface area contributed by atoms with Gasteiger partial charge in [-0.1, -0.05) is 6.92 Å². The van der Waals surface area contributed by atoms with Gasteiger partial charge in [-0.3, -0.25) is 0 Å². The topological polar surface area (TPSA) is 86.4 Å². The Morgan fingerprint density at radius 2 is 2.21 bits per heavy atom. The van der Waals surface area contributed by atoms with Gasteiger partial charge in [-0.15, -0.1) is 0 Å². The monoisotopic (exact) mass is 267 g/mol. The van der Waals surface area contributed by atoms with Gasteiger partial charge in [0.25, 0.3) is 0 Å². The Morgan fingerprint density at radius 3 is 2.84 bits per heavy atom. The fourth-order valence-corrected chi connectivity index (χ4v) is 2.15. The number of hydrogen-bond acceptors (Lipinski definition) is 7. The van der Waals surface area contributed by atoms with E-state index in [0.29, 0.717) is 12.6 Å². The van der Waals surface area contributed by atoms with Crippen LogP contribution in [0.3, 0.4) is 0 Å². The molecule has 1 saturated heterocycles. The van der Waals surface area contributed by atoms with Crippen LogP contribution in [0, 0.1) is 0 Å². The van der Waals surface area contributed by atoms with Crippen LogP contribution in [-0.4, -0.2) is 47.4 Å². The molecule has 1 aromatic heterocycles. The average molecular weight is 267 g/mol. The summed E-state index contributed by atoms with van der Waals surface area (Å²) in [7, 11) is 1.94. The van der Waals surface area contributed by atoms with Gasteiger partial charge in [0.2, 0.25) is 11.9 Å². The van der Waals surface area contributed by atoms with Gasteiger partial charge in [0, 0.05) is 13.7 Å². The lowest BCUT2D eigenvalue weighted by Crippen LogP contribution is -2.38. The van der Waals surface area contributed by atoms with Gasteiger partial charge in [-0.05, 0) is 19.8 Å². The smallest absolute Gasteiger partial charge is 0.323 e. The molecule has 0 bridgehead atoms. The molecule has 19 heavy (non-hydrogen) atoms. The molecule has 7 heteroatoms. The van der Waals surface area contributed by atoms with Crippen molar-refractivity contribution in [1.82, 2.24) is 15.0 Å². The normalized spacial score (nSPS) is 22.5. The lowest BCUT2D eigenvalue weighted by atomic mass is 10.1. The Hall–Kier alpha value is -1.63. The lowest BCUT2D eigenvalue weighted by molar-refractivity contribution is 0.118. The van der Waals surface area contributed by atoms with Gasteiger partial charge in [0.05, 0.1) is 18.8 Å². The molecule has 2 heterocycles. The molecule has 1 aliphatic heterocycles. The highest BCUT2D eigenvalue weighted by Crippen LogP contribution is 2.23. The fraction of sp³-hybridized carbons (Fsp3) is 0.750. The molecule has 2 atom stereocenters. The second-order valence-corrected chi connectivity index (χ2v) is 4.67. The predicted octanol–water partition coefficient (Wildman–Crippen LogP) is 0.856. The Kier molecular flexibility index (Phi) is 4.36. The van der Waals surface area contributed by atoms with E-state index in [1.54, 1.807) is 0 Å². The molecule has 0 aromatic carbocycles. The molecule has 0 saturated carbocycles. The summed E-state index contributed by atoms with van der Waals surface area (Å²) in [5.74, 6) is 0.704. The summed E-state index contributed by atoms with van der Waals surface area (Å²) in [6.07, 6.45) is 2.00. The second-order valence-electron chi connectivity index (χ2n) is 4.67. The van der Waals surface area contributed by atoms with Gasteiger partial charge in [-0.2, -0.15) is 15.0 Å². The minimum atomic E-state index is 0.156. The molecule has 1 aromatic rings. The van der Waals surface area contributed by atoms with E-state index in [1.165, 1.54) is 0 Å². The first-order valence-electron chi connectivity index (χ1n) is 6.60. The van der Waals surface area contributed by atoms with Crippen molar-refractivity contribution in [3.8, 4) is 6.01 Å². The van der Waals surface area contributed by atoms with Crippen LogP contribution in [0.25, 0.3) is 0 Å². The maximum absolute atomic E-state index is 5.70. The Balaban J connectivity index is 2.16. The first-order valence-corrected chi connectivity index (χ1v) is 6.60. The number of hydrogen-bond donors (Lipinski definition) is 1. The number of nitrogen functional groups attached to an aromatic ring is 1. The average Bonchev–Trinajstić information content (AvgIpc) is 2.81. The molecule has 1 aliphatic rings. The molecule has 7 nitrogen and oxygen atoms in total. The highest BCUT2D eigenvalue weighted by Gasteiger charge is 2.29. The van der Waals surface area contributed by atoms with Crippen molar-refractivity contribution < 1.29 is 9.47 Å². The number of rotatable bonds is 5. The standard InChI is InChI=1S/C12H21N5O2/c1-4-6-19-12-15-10(13)14-11(16-12)17(3)9-5-7-18-8(9)2/h8-9H,4-7H2,1-3H3,(H2,13,14,15,16). The molecule has 0 aliphatic carbocycles. The van der Waals surface area contributed by atoms with Crippen LogP contribution < -0.4 is 15.4 Å². The minimum Gasteiger partial charge on any atom is -0.463 e. The number of nitrogens with two attached hydrogens (primary N) is 1. The van der Waals surface area contributed by atoms with Crippen LogP contribution in [0.5, 0.6) is 6.01 Å². The quantitative estimate of drug-likeness (QED) is 0.846. The van der Waals surface area contributed by atoms with E-state index >= 15 is 0 Å². The summed E-state index contributed by atoms with van der Waals surface area (Å²) in [5, 5.41) is 0. The Morgan fingerprint density at radius 1 is 1.42 bits per heavy atom. The summed E-state index contributed by atoms with van der Waals surface area (Å²) in [4.78, 5) is 14.4. The van der Waals surface area contributed by atoms with Crippen LogP contribution in [0.2, 0.25) is 0 Å². The number of likely N-dealkylation sites (N-methyl/N-ethyl adjacent to an activating group) is 1. The van der Waals surface area contributed by atoms with E-state index in [0.717, 1.165) is 19.4 Å². The highest BCUT2D eigenvalue weighted by molar-refractivity contribution is 5.36. The van der Waals surface area contributed by atoms with Crippen LogP contribution >= 0.6 is 0 Å². The van der Waals surface area contributed by atoms with Crippen molar-refractivity contribution in [2.45, 2.75) is 38.8 Å². The first kappa shape index (κ1) is 13.8. The van der Waals surface area contributed by atoms with Crippen LogP contribution in [0.1, 0.15) is 26.7 Å². The van der Waals surface area contributed by atoms with Crippen LogP contribution in [-0.2, 0) is 4.74 Å². The molecule has 2 unspecified atom stereocenters. The minimum absolute atomic E-state index is 0.156. The molecule has 2 rings (SSSR count). The van der Waals surface area contributed by atoms with Crippen molar-refractivity contribution in [1.29, 1.82) is 0 Å². The van der Waals surface area contributed by atoms with Crippen molar-refractivity contribution >= 4 is 11.9 Å². The van der Waals surface area contributed by atoms with Gasteiger partial charge in [-0.25, -0.2) is 0 Å². The van der Waals surface area contributed by atoms with E-state index in [4.69, 9.17) is 15.2 Å². The third kappa shape index (κ3) is 3.23. The zero-order valence-corrected chi connectivity index (χ0v) is 11.7. The van der Waals surface area contributed by atoms with E-state index in [1.807, 2.05) is 25.8 Å². The third-order valence-corrected chi connectivity index (χ3v) is 3.20. The second kappa shape index (κ2) is 6.01. The van der Waals surface area contributed by atoms with Crippen molar-refractivity contribution in [3.63, 3.8) is 0 Å². The predicted molar refractivity (Wildman–Crippen MR) is 72.2 cm³/mol. The Labute approximate surface area is 113 Å².